The van der Waals surface area contributed by atoms with Crippen LogP contribution in [0.3, 0.4) is 0 Å². The zero-order valence-electron chi connectivity index (χ0n) is 10.8. The lowest BCUT2D eigenvalue weighted by Gasteiger charge is -2.19. The van der Waals surface area contributed by atoms with Crippen molar-refractivity contribution < 1.29 is 9.53 Å². The highest BCUT2D eigenvalue weighted by molar-refractivity contribution is 5.94. The number of pyridine rings is 1. The third kappa shape index (κ3) is 2.77. The SMILES string of the molecule is NCc1cc(C(=O)NC2CCOC2C2CC2)ccn1. The lowest BCUT2D eigenvalue weighted by molar-refractivity contribution is 0.0729. The van der Waals surface area contributed by atoms with Crippen LogP contribution in [-0.2, 0) is 11.3 Å². The third-order valence-corrected chi connectivity index (χ3v) is 3.83. The van der Waals surface area contributed by atoms with E-state index >= 15 is 0 Å². The van der Waals surface area contributed by atoms with Gasteiger partial charge in [-0.1, -0.05) is 0 Å². The van der Waals surface area contributed by atoms with Crippen LogP contribution in [0.4, 0.5) is 0 Å². The average molecular weight is 261 g/mol. The molecule has 2 unspecified atom stereocenters. The molecular formula is C14H19N3O2. The molecule has 2 atom stereocenters. The summed E-state index contributed by atoms with van der Waals surface area (Å²) in [7, 11) is 0. The van der Waals surface area contributed by atoms with Crippen molar-refractivity contribution >= 4 is 5.91 Å². The van der Waals surface area contributed by atoms with Gasteiger partial charge in [-0.3, -0.25) is 9.78 Å². The number of carbonyl (C=O) groups excluding carboxylic acids is 1. The first kappa shape index (κ1) is 12.6. The highest BCUT2D eigenvalue weighted by Gasteiger charge is 2.41. The van der Waals surface area contributed by atoms with Gasteiger partial charge in [0.1, 0.15) is 0 Å². The van der Waals surface area contributed by atoms with E-state index in [0.717, 1.165) is 18.7 Å². The number of aromatic nitrogens is 1. The van der Waals surface area contributed by atoms with E-state index in [0.29, 0.717) is 18.0 Å². The minimum Gasteiger partial charge on any atom is -0.376 e. The molecule has 1 aromatic heterocycles. The van der Waals surface area contributed by atoms with Gasteiger partial charge in [0.15, 0.2) is 0 Å². The first-order chi connectivity index (χ1) is 9.28. The number of ether oxygens (including phenoxy) is 1. The largest absolute Gasteiger partial charge is 0.376 e. The number of nitrogens with one attached hydrogen (secondary N) is 1. The van der Waals surface area contributed by atoms with Crippen LogP contribution in [-0.4, -0.2) is 29.6 Å². The summed E-state index contributed by atoms with van der Waals surface area (Å²) >= 11 is 0. The summed E-state index contributed by atoms with van der Waals surface area (Å²) in [4.78, 5) is 16.3. The molecule has 1 saturated heterocycles. The predicted octanol–water partition coefficient (Wildman–Crippen LogP) is 0.838. The normalized spacial score (nSPS) is 26.4. The Kier molecular flexibility index (Phi) is 3.48. The second-order valence-corrected chi connectivity index (χ2v) is 5.28. The van der Waals surface area contributed by atoms with E-state index in [4.69, 9.17) is 10.5 Å². The number of hydrogen-bond acceptors (Lipinski definition) is 4. The predicted molar refractivity (Wildman–Crippen MR) is 70.5 cm³/mol. The first-order valence-corrected chi connectivity index (χ1v) is 6.85. The molecular weight excluding hydrogens is 242 g/mol. The number of hydrogen-bond donors (Lipinski definition) is 2. The zero-order valence-corrected chi connectivity index (χ0v) is 10.8. The molecule has 1 aliphatic carbocycles. The maximum absolute atomic E-state index is 12.2. The van der Waals surface area contributed by atoms with Gasteiger partial charge in [-0.2, -0.15) is 0 Å². The molecule has 2 heterocycles. The van der Waals surface area contributed by atoms with E-state index in [9.17, 15) is 4.79 Å². The number of nitrogens with two attached hydrogens (primary N) is 1. The van der Waals surface area contributed by atoms with Crippen LogP contribution >= 0.6 is 0 Å². The van der Waals surface area contributed by atoms with Crippen LogP contribution in [0.2, 0.25) is 0 Å². The number of carbonyl (C=O) groups is 1. The molecule has 0 radical (unpaired) electrons. The smallest absolute Gasteiger partial charge is 0.251 e. The van der Waals surface area contributed by atoms with Gasteiger partial charge in [0.05, 0.1) is 17.8 Å². The van der Waals surface area contributed by atoms with Crippen molar-refractivity contribution in [3.63, 3.8) is 0 Å². The summed E-state index contributed by atoms with van der Waals surface area (Å²) in [6.45, 7) is 1.09. The standard InChI is InChI=1S/C14H19N3O2/c15-8-11-7-10(3-5-16-11)14(18)17-12-4-6-19-13(12)9-1-2-9/h3,5,7,9,12-13H,1-2,4,6,8,15H2,(H,17,18). The molecule has 5 nitrogen and oxygen atoms in total. The van der Waals surface area contributed by atoms with Crippen LogP contribution < -0.4 is 11.1 Å². The Labute approximate surface area is 112 Å². The molecule has 2 fully saturated rings. The molecule has 0 bridgehead atoms. The second kappa shape index (κ2) is 5.27. The average Bonchev–Trinajstić information content (AvgIpc) is 3.19. The van der Waals surface area contributed by atoms with Crippen molar-refractivity contribution in [3.05, 3.63) is 29.6 Å². The number of rotatable bonds is 4. The summed E-state index contributed by atoms with van der Waals surface area (Å²) in [5.41, 5.74) is 6.89. The Morgan fingerprint density at radius 3 is 3.05 bits per heavy atom. The van der Waals surface area contributed by atoms with Crippen molar-refractivity contribution in [3.8, 4) is 0 Å². The quantitative estimate of drug-likeness (QED) is 0.842. The Hall–Kier alpha value is -1.46. The van der Waals surface area contributed by atoms with Crippen LogP contribution in [0.5, 0.6) is 0 Å². The fourth-order valence-electron chi connectivity index (χ4n) is 2.64. The molecule has 2 aliphatic rings. The van der Waals surface area contributed by atoms with Gasteiger partial charge in [0.25, 0.3) is 5.91 Å². The minimum absolute atomic E-state index is 0.0572. The third-order valence-electron chi connectivity index (χ3n) is 3.83. The van der Waals surface area contributed by atoms with Gasteiger partial charge in [-0.15, -0.1) is 0 Å². The Bertz CT molecular complexity index is 474. The topological polar surface area (TPSA) is 77.2 Å². The summed E-state index contributed by atoms with van der Waals surface area (Å²) in [5.74, 6) is 0.586. The molecule has 1 aromatic rings. The first-order valence-electron chi connectivity index (χ1n) is 6.85. The molecule has 0 spiro atoms. The Morgan fingerprint density at radius 2 is 2.32 bits per heavy atom. The monoisotopic (exact) mass is 261 g/mol. The van der Waals surface area contributed by atoms with Crippen molar-refractivity contribution in [1.29, 1.82) is 0 Å². The minimum atomic E-state index is -0.0572. The molecule has 5 heteroatoms. The van der Waals surface area contributed by atoms with Crippen molar-refractivity contribution in [2.75, 3.05) is 6.61 Å². The van der Waals surface area contributed by atoms with Crippen molar-refractivity contribution in [2.24, 2.45) is 11.7 Å². The lowest BCUT2D eigenvalue weighted by atomic mass is 10.1. The van der Waals surface area contributed by atoms with E-state index in [1.54, 1.807) is 18.3 Å². The van der Waals surface area contributed by atoms with E-state index in [-0.39, 0.29) is 18.1 Å². The number of nitrogens with zero attached hydrogens (tertiary/aromatic N) is 1. The lowest BCUT2D eigenvalue weighted by Crippen LogP contribution is -2.41. The maximum Gasteiger partial charge on any atom is 0.251 e. The molecule has 19 heavy (non-hydrogen) atoms. The van der Waals surface area contributed by atoms with Gasteiger partial charge in [0.2, 0.25) is 0 Å². The van der Waals surface area contributed by atoms with Gasteiger partial charge < -0.3 is 15.8 Å². The molecule has 1 saturated carbocycles. The molecule has 3 N–H and O–H groups in total. The second-order valence-electron chi connectivity index (χ2n) is 5.28. The van der Waals surface area contributed by atoms with Gasteiger partial charge in [0, 0.05) is 24.9 Å². The van der Waals surface area contributed by atoms with Crippen molar-refractivity contribution in [2.45, 2.75) is 38.0 Å². The van der Waals surface area contributed by atoms with E-state index < -0.39 is 0 Å². The van der Waals surface area contributed by atoms with E-state index in [1.165, 1.54) is 12.8 Å². The number of amides is 1. The van der Waals surface area contributed by atoms with Crippen LogP contribution in [0.15, 0.2) is 18.3 Å². The molecule has 1 aliphatic heterocycles. The fourth-order valence-corrected chi connectivity index (χ4v) is 2.64. The van der Waals surface area contributed by atoms with Gasteiger partial charge in [-0.25, -0.2) is 0 Å². The van der Waals surface area contributed by atoms with Crippen LogP contribution in [0, 0.1) is 5.92 Å². The zero-order chi connectivity index (χ0) is 13.2. The van der Waals surface area contributed by atoms with Crippen LogP contribution in [0.25, 0.3) is 0 Å². The fraction of sp³-hybridized carbons (Fsp3) is 0.571. The van der Waals surface area contributed by atoms with Gasteiger partial charge >= 0.3 is 0 Å². The summed E-state index contributed by atoms with van der Waals surface area (Å²) < 4.78 is 5.72. The van der Waals surface area contributed by atoms with E-state index in [1.807, 2.05) is 0 Å². The highest BCUT2D eigenvalue weighted by Crippen LogP contribution is 2.38. The van der Waals surface area contributed by atoms with E-state index in [2.05, 4.69) is 10.3 Å². The highest BCUT2D eigenvalue weighted by atomic mass is 16.5. The van der Waals surface area contributed by atoms with Crippen molar-refractivity contribution in [1.82, 2.24) is 10.3 Å². The Morgan fingerprint density at radius 1 is 1.47 bits per heavy atom. The molecule has 0 aromatic carbocycles. The Balaban J connectivity index is 1.66. The van der Waals surface area contributed by atoms with Gasteiger partial charge in [-0.05, 0) is 37.3 Å². The molecule has 102 valence electrons. The summed E-state index contributed by atoms with van der Waals surface area (Å²) in [6.07, 6.45) is 5.19. The summed E-state index contributed by atoms with van der Waals surface area (Å²) in [6, 6.07) is 3.61. The summed E-state index contributed by atoms with van der Waals surface area (Å²) in [5, 5.41) is 3.09. The van der Waals surface area contributed by atoms with Crippen LogP contribution in [0.1, 0.15) is 35.3 Å². The molecule has 1 amide bonds. The molecule has 3 rings (SSSR count). The maximum atomic E-state index is 12.2.